The number of rotatable bonds is 7. The first-order valence-corrected chi connectivity index (χ1v) is 14.0. The lowest BCUT2D eigenvalue weighted by molar-refractivity contribution is -0.146. The summed E-state index contributed by atoms with van der Waals surface area (Å²) in [5.41, 5.74) is 1.87. The number of hydrogen-bond acceptors (Lipinski definition) is 4. The van der Waals surface area contributed by atoms with Gasteiger partial charge in [0.05, 0.1) is 19.2 Å². The number of allylic oxidation sites excluding steroid dienone is 1. The van der Waals surface area contributed by atoms with Gasteiger partial charge in [-0.1, -0.05) is 56.0 Å². The number of ether oxygens (including phenoxy) is 1. The first-order valence-electron chi connectivity index (χ1n) is 10.5. The molecule has 1 aromatic carbocycles. The lowest BCUT2D eigenvalue weighted by Gasteiger charge is -2.22. The van der Waals surface area contributed by atoms with Crippen LogP contribution in [0.15, 0.2) is 30.3 Å². The minimum atomic E-state index is -1.46. The summed E-state index contributed by atoms with van der Waals surface area (Å²) in [7, 11) is -1.46. The molecule has 0 amide bonds. The summed E-state index contributed by atoms with van der Waals surface area (Å²) in [5, 5.41) is 15.9. The second-order valence-electron chi connectivity index (χ2n) is 9.26. The Bertz CT molecular complexity index is 987. The number of hydrogen-bond donors (Lipinski definition) is 0. The molecule has 160 valence electrons. The van der Waals surface area contributed by atoms with Crippen LogP contribution in [0.5, 0.6) is 0 Å². The van der Waals surface area contributed by atoms with Gasteiger partial charge < -0.3 is 4.74 Å². The van der Waals surface area contributed by atoms with E-state index in [1.165, 1.54) is 5.19 Å². The van der Waals surface area contributed by atoms with E-state index in [-0.39, 0.29) is 11.7 Å². The number of aryl methyl sites for hydroxylation is 2. The van der Waals surface area contributed by atoms with Gasteiger partial charge in [-0.15, -0.1) is 0 Å². The third kappa shape index (κ3) is 5.09. The van der Waals surface area contributed by atoms with E-state index in [9.17, 15) is 10.1 Å². The number of carbonyl (C=O) groups excluding carboxylic acids is 1. The first-order chi connectivity index (χ1) is 13.9. The molecule has 1 aromatic heterocycles. The minimum absolute atomic E-state index is 0.271. The molecule has 0 aliphatic rings. The van der Waals surface area contributed by atoms with Crippen molar-refractivity contribution >= 4 is 30.6 Å². The Morgan fingerprint density at radius 1 is 1.20 bits per heavy atom. The van der Waals surface area contributed by atoms with E-state index in [2.05, 4.69) is 42.9 Å². The summed E-state index contributed by atoms with van der Waals surface area (Å²) >= 11 is 0. The normalized spacial score (nSPS) is 12.9. The Balaban J connectivity index is 2.69. The third-order valence-corrected chi connectivity index (χ3v) is 7.51. The van der Waals surface area contributed by atoms with Crippen molar-refractivity contribution in [1.82, 2.24) is 9.78 Å². The smallest absolute Gasteiger partial charge is 0.317 e. The molecule has 2 aromatic rings. The lowest BCUT2D eigenvalue weighted by atomic mass is 9.90. The van der Waals surface area contributed by atoms with E-state index in [4.69, 9.17) is 4.74 Å². The molecule has 0 fully saturated rings. The van der Waals surface area contributed by atoms with Crippen LogP contribution in [0, 0.1) is 23.7 Å². The zero-order valence-corrected chi connectivity index (χ0v) is 20.5. The molecule has 30 heavy (non-hydrogen) atoms. The third-order valence-electron chi connectivity index (χ3n) is 5.44. The monoisotopic (exact) mass is 423 g/mol. The molecule has 0 saturated heterocycles. The number of carbonyl (C=O) groups is 1. The highest BCUT2D eigenvalue weighted by Crippen LogP contribution is 2.32. The van der Waals surface area contributed by atoms with Crippen molar-refractivity contribution in [3.63, 3.8) is 0 Å². The predicted octanol–water partition coefficient (Wildman–Crippen LogP) is 5.13. The van der Waals surface area contributed by atoms with Crippen molar-refractivity contribution in [2.24, 2.45) is 5.41 Å². The summed E-state index contributed by atoms with van der Waals surface area (Å²) < 4.78 is 7.69. The average molecular weight is 424 g/mol. The number of esters is 1. The van der Waals surface area contributed by atoms with Crippen LogP contribution in [-0.2, 0) is 16.1 Å². The Labute approximate surface area is 181 Å². The Morgan fingerprint density at radius 3 is 2.27 bits per heavy atom. The van der Waals surface area contributed by atoms with Crippen LogP contribution in [0.4, 0.5) is 0 Å². The van der Waals surface area contributed by atoms with Crippen molar-refractivity contribution in [1.29, 1.82) is 5.26 Å². The van der Waals surface area contributed by atoms with Crippen molar-refractivity contribution in [2.45, 2.75) is 67.2 Å². The van der Waals surface area contributed by atoms with Gasteiger partial charge in [-0.25, -0.2) is 0 Å². The summed E-state index contributed by atoms with van der Waals surface area (Å²) in [6.07, 6.45) is 0.637. The molecule has 0 saturated carbocycles. The zero-order chi connectivity index (χ0) is 22.7. The zero-order valence-electron chi connectivity index (χ0n) is 19.5. The van der Waals surface area contributed by atoms with Gasteiger partial charge in [0.25, 0.3) is 0 Å². The largest absolute Gasteiger partial charge is 0.422 e. The lowest BCUT2D eigenvalue weighted by Crippen LogP contribution is -2.37. The fourth-order valence-electron chi connectivity index (χ4n) is 2.96. The fourth-order valence-corrected chi connectivity index (χ4v) is 4.13. The van der Waals surface area contributed by atoms with E-state index in [0.29, 0.717) is 24.2 Å². The summed E-state index contributed by atoms with van der Waals surface area (Å²) in [4.78, 5) is 12.9. The average Bonchev–Trinajstić information content (AvgIpc) is 3.07. The van der Waals surface area contributed by atoms with Gasteiger partial charge in [0.1, 0.15) is 17.3 Å². The molecule has 0 N–H and O–H groups in total. The second kappa shape index (κ2) is 9.01. The van der Waals surface area contributed by atoms with Crippen LogP contribution in [0.1, 0.15) is 51.1 Å². The number of nitrogens with zero attached hydrogens (tertiary/aromatic N) is 3. The van der Waals surface area contributed by atoms with Gasteiger partial charge in [0, 0.05) is 6.54 Å². The molecule has 0 atom stereocenters. The fraction of sp³-hybridized carbons (Fsp3) is 0.458. The number of nitriles is 1. The molecule has 0 radical (unpaired) electrons. The van der Waals surface area contributed by atoms with Crippen LogP contribution < -0.4 is 5.19 Å². The SMILES string of the molecule is CCn1nc(C)cc1/C(OC(=O)C(C)(C)CC)=C(/C#N)c1ccc([Si](C)(C)C)cc1. The van der Waals surface area contributed by atoms with Crippen molar-refractivity contribution in [2.75, 3.05) is 0 Å². The molecule has 1 heterocycles. The van der Waals surface area contributed by atoms with Crippen LogP contribution in [0.2, 0.25) is 19.6 Å². The van der Waals surface area contributed by atoms with Gasteiger partial charge >= 0.3 is 5.97 Å². The summed E-state index contributed by atoms with van der Waals surface area (Å²) in [5.74, 6) is -0.0831. The van der Waals surface area contributed by atoms with Crippen LogP contribution in [-0.4, -0.2) is 23.8 Å². The maximum absolute atomic E-state index is 12.9. The van der Waals surface area contributed by atoms with Gasteiger partial charge in [0.15, 0.2) is 5.76 Å². The van der Waals surface area contributed by atoms with Crippen molar-refractivity contribution in [3.05, 3.63) is 47.3 Å². The van der Waals surface area contributed by atoms with E-state index in [1.54, 1.807) is 4.68 Å². The maximum Gasteiger partial charge on any atom is 0.317 e. The maximum atomic E-state index is 12.9. The van der Waals surface area contributed by atoms with Crippen molar-refractivity contribution < 1.29 is 9.53 Å². The molecular weight excluding hydrogens is 390 g/mol. The molecule has 0 aliphatic carbocycles. The molecular formula is C24H33N3O2Si. The van der Waals surface area contributed by atoms with Gasteiger partial charge in [-0.3, -0.25) is 9.48 Å². The highest BCUT2D eigenvalue weighted by Gasteiger charge is 2.31. The standard InChI is InChI=1S/C24H33N3O2Si/c1-9-24(4,5)23(28)29-22(21-15-17(3)26-27(21)10-2)20(16-25)18-11-13-19(14-12-18)30(6,7)8/h11-15H,9-10H2,1-8H3/b22-20+. The molecule has 6 heteroatoms. The molecule has 0 aliphatic heterocycles. The Kier molecular flexibility index (Phi) is 7.09. The topological polar surface area (TPSA) is 67.9 Å². The molecule has 0 bridgehead atoms. The molecule has 2 rings (SSSR count). The van der Waals surface area contributed by atoms with E-state index >= 15 is 0 Å². The molecule has 0 unspecified atom stereocenters. The van der Waals surface area contributed by atoms with Crippen LogP contribution >= 0.6 is 0 Å². The van der Waals surface area contributed by atoms with Gasteiger partial charge in [-0.05, 0) is 45.7 Å². The minimum Gasteiger partial charge on any atom is -0.422 e. The molecule has 5 nitrogen and oxygen atoms in total. The second-order valence-corrected chi connectivity index (χ2v) is 14.3. The molecule has 0 spiro atoms. The first kappa shape index (κ1) is 23.6. The highest BCUT2D eigenvalue weighted by atomic mass is 28.3. The van der Waals surface area contributed by atoms with E-state index in [0.717, 1.165) is 11.3 Å². The summed E-state index contributed by atoms with van der Waals surface area (Å²) in [6, 6.07) is 12.2. The van der Waals surface area contributed by atoms with E-state index in [1.807, 2.05) is 52.8 Å². The highest BCUT2D eigenvalue weighted by molar-refractivity contribution is 6.88. The summed E-state index contributed by atoms with van der Waals surface area (Å²) in [6.45, 7) is 17.0. The quantitative estimate of drug-likeness (QED) is 0.268. The van der Waals surface area contributed by atoms with Crippen molar-refractivity contribution in [3.8, 4) is 6.07 Å². The van der Waals surface area contributed by atoms with Crippen LogP contribution in [0.25, 0.3) is 11.3 Å². The Morgan fingerprint density at radius 2 is 1.80 bits per heavy atom. The van der Waals surface area contributed by atoms with Gasteiger partial charge in [-0.2, -0.15) is 10.4 Å². The predicted molar refractivity (Wildman–Crippen MR) is 125 cm³/mol. The van der Waals surface area contributed by atoms with Crippen LogP contribution in [0.3, 0.4) is 0 Å². The number of aromatic nitrogens is 2. The van der Waals surface area contributed by atoms with E-state index < -0.39 is 13.5 Å². The number of benzene rings is 1. The van der Waals surface area contributed by atoms with Gasteiger partial charge in [0.2, 0.25) is 0 Å². The Hall–Kier alpha value is -2.65.